The number of amides is 3. The highest BCUT2D eigenvalue weighted by molar-refractivity contribution is 5.93. The van der Waals surface area contributed by atoms with Crippen LogP contribution in [-0.4, -0.2) is 98.1 Å². The van der Waals surface area contributed by atoms with Crippen molar-refractivity contribution in [3.63, 3.8) is 0 Å². The number of carbonyl (C=O) groups is 4. The fourth-order valence-corrected chi connectivity index (χ4v) is 4.42. The van der Waals surface area contributed by atoms with E-state index in [1.165, 1.54) is 30.6 Å². The first-order valence-electron chi connectivity index (χ1n) is 11.8. The zero-order chi connectivity index (χ0) is 27.2. The summed E-state index contributed by atoms with van der Waals surface area (Å²) in [4.78, 5) is 69.3. The molecule has 0 aromatic rings. The molecule has 3 atom stereocenters. The van der Waals surface area contributed by atoms with Crippen molar-refractivity contribution in [1.29, 1.82) is 0 Å². The predicted octanol–water partition coefficient (Wildman–Crippen LogP) is -0.0960. The van der Waals surface area contributed by atoms with Crippen LogP contribution < -0.4 is 11.5 Å². The number of aliphatic carboxylic acids is 1. The van der Waals surface area contributed by atoms with E-state index in [9.17, 15) is 34.4 Å². The van der Waals surface area contributed by atoms with Crippen molar-refractivity contribution in [2.24, 2.45) is 16.5 Å². The van der Waals surface area contributed by atoms with Crippen LogP contribution in [0.2, 0.25) is 0 Å². The van der Waals surface area contributed by atoms with Gasteiger partial charge in [0.25, 0.3) is 5.91 Å². The number of carboxylic acid groups (broad SMARTS) is 1. The summed E-state index contributed by atoms with van der Waals surface area (Å²) in [5, 5.41) is 20.5. The average molecular weight is 514 g/mol. The highest BCUT2D eigenvalue weighted by Crippen LogP contribution is 2.27. The predicted molar refractivity (Wildman–Crippen MR) is 126 cm³/mol. The van der Waals surface area contributed by atoms with Crippen LogP contribution in [0.5, 0.6) is 0 Å². The van der Waals surface area contributed by atoms with Crippen LogP contribution in [0, 0.1) is 10.1 Å². The summed E-state index contributed by atoms with van der Waals surface area (Å²) in [6.45, 7) is 5.02. The van der Waals surface area contributed by atoms with E-state index in [1.807, 2.05) is 0 Å². The van der Waals surface area contributed by atoms with Crippen LogP contribution in [0.25, 0.3) is 0 Å². The van der Waals surface area contributed by atoms with Crippen LogP contribution in [0.1, 0.15) is 59.3 Å². The smallest absolute Gasteiger partial charge is 0.469 e. The maximum absolute atomic E-state index is 13.6. The summed E-state index contributed by atoms with van der Waals surface area (Å²) < 4.78 is 5.16. The molecule has 202 valence electrons. The van der Waals surface area contributed by atoms with Gasteiger partial charge in [0.05, 0.1) is 0 Å². The van der Waals surface area contributed by atoms with Gasteiger partial charge in [0.2, 0.25) is 5.91 Å². The van der Waals surface area contributed by atoms with E-state index in [0.29, 0.717) is 19.3 Å². The van der Waals surface area contributed by atoms with Gasteiger partial charge in [0.15, 0.2) is 17.0 Å². The molecule has 2 fully saturated rings. The Morgan fingerprint density at radius 3 is 2.25 bits per heavy atom. The highest BCUT2D eigenvalue weighted by Gasteiger charge is 2.48. The molecule has 15 nitrogen and oxygen atoms in total. The van der Waals surface area contributed by atoms with Gasteiger partial charge in [-0.05, 0) is 64.3 Å². The minimum atomic E-state index is -1.59. The average Bonchev–Trinajstić information content (AvgIpc) is 3.43. The number of aliphatic imine (C=N–C) groups is 1. The lowest BCUT2D eigenvalue weighted by atomic mass is 10.1. The SMILES string of the molecule is CC(C)(C)OC(=O)N([C@@H](CCCN=C(N)N)C(=O)N1CCC[C@H]1C(=O)N1CCC[C@H]1C(=O)O)[N+](=O)[O-]. The zero-order valence-corrected chi connectivity index (χ0v) is 20.8. The molecule has 36 heavy (non-hydrogen) atoms. The Labute approximate surface area is 208 Å². The lowest BCUT2D eigenvalue weighted by Gasteiger charge is -2.33. The molecule has 5 N–H and O–H groups in total. The molecule has 0 aromatic heterocycles. The first-order chi connectivity index (χ1) is 16.7. The third-order valence-corrected chi connectivity index (χ3v) is 5.91. The number of nitro groups is 1. The standard InChI is InChI=1S/C21H35N7O8/c1-21(2,3)36-20(33)27(28(34)35)14(7-4-10-24-19(22)23)17(30)25-11-5-8-13(25)16(29)26-12-6-9-15(26)18(31)32/h13-15H,4-12H2,1-3H3,(H,31,32)(H4,22,23,24)/t13-,14-,15-/m0/s1. The van der Waals surface area contributed by atoms with E-state index < -0.39 is 52.6 Å². The lowest BCUT2D eigenvalue weighted by molar-refractivity contribution is -0.641. The van der Waals surface area contributed by atoms with Gasteiger partial charge in [0.1, 0.15) is 17.7 Å². The lowest BCUT2D eigenvalue weighted by Crippen LogP contribution is -2.58. The summed E-state index contributed by atoms with van der Waals surface area (Å²) in [6.07, 6.45) is 0.182. The normalized spacial score (nSPS) is 20.5. The van der Waals surface area contributed by atoms with Crippen LogP contribution in [0.15, 0.2) is 4.99 Å². The number of likely N-dealkylation sites (tertiary alicyclic amines) is 2. The number of carbonyl (C=O) groups excluding carboxylic acids is 3. The van der Waals surface area contributed by atoms with Crippen LogP contribution >= 0.6 is 0 Å². The van der Waals surface area contributed by atoms with Gasteiger partial charge in [-0.1, -0.05) is 0 Å². The molecule has 2 aliphatic rings. The second-order valence-corrected chi connectivity index (χ2v) is 9.74. The van der Waals surface area contributed by atoms with Crippen molar-refractivity contribution in [1.82, 2.24) is 14.8 Å². The topological polar surface area (TPSA) is 215 Å². The largest absolute Gasteiger partial charge is 0.480 e. The molecule has 2 rings (SSSR count). The van der Waals surface area contributed by atoms with Crippen LogP contribution in [0.4, 0.5) is 4.79 Å². The molecule has 0 spiro atoms. The molecule has 0 aromatic carbocycles. The van der Waals surface area contributed by atoms with E-state index >= 15 is 0 Å². The van der Waals surface area contributed by atoms with Gasteiger partial charge < -0.3 is 31.1 Å². The first-order valence-corrected chi connectivity index (χ1v) is 11.8. The number of ether oxygens (including phenoxy) is 1. The number of hydrogen-bond acceptors (Lipinski definition) is 8. The van der Waals surface area contributed by atoms with E-state index in [1.54, 1.807) is 0 Å². The maximum Gasteiger partial charge on any atom is 0.469 e. The van der Waals surface area contributed by atoms with Gasteiger partial charge >= 0.3 is 12.1 Å². The van der Waals surface area contributed by atoms with Crippen LogP contribution in [0.3, 0.4) is 0 Å². The Bertz CT molecular complexity index is 899. The monoisotopic (exact) mass is 513 g/mol. The van der Waals surface area contributed by atoms with Gasteiger partial charge in [0, 0.05) is 19.6 Å². The van der Waals surface area contributed by atoms with Gasteiger partial charge in [-0.2, -0.15) is 0 Å². The molecule has 2 aliphatic heterocycles. The van der Waals surface area contributed by atoms with Crippen molar-refractivity contribution >= 4 is 29.8 Å². The molecule has 0 bridgehead atoms. The van der Waals surface area contributed by atoms with Crippen molar-refractivity contribution < 1.29 is 34.1 Å². The molecule has 2 saturated heterocycles. The van der Waals surface area contributed by atoms with E-state index in [0.717, 1.165) is 0 Å². The summed E-state index contributed by atoms with van der Waals surface area (Å²) in [5.74, 6) is -2.64. The molecule has 0 aliphatic carbocycles. The number of nitrogens with zero attached hydrogens (tertiary/aromatic N) is 5. The molecule has 15 heteroatoms. The minimum absolute atomic E-state index is 0.0580. The zero-order valence-electron chi connectivity index (χ0n) is 20.8. The minimum Gasteiger partial charge on any atom is -0.480 e. The second-order valence-electron chi connectivity index (χ2n) is 9.74. The van der Waals surface area contributed by atoms with Crippen LogP contribution in [-0.2, 0) is 19.1 Å². The van der Waals surface area contributed by atoms with Crippen molar-refractivity contribution in [2.45, 2.75) is 83.0 Å². The molecule has 0 radical (unpaired) electrons. The molecule has 3 amide bonds. The molecular weight excluding hydrogens is 478 g/mol. The Hall–Kier alpha value is -3.65. The fourth-order valence-electron chi connectivity index (χ4n) is 4.42. The number of guanidine groups is 1. The number of carboxylic acids is 1. The van der Waals surface area contributed by atoms with Gasteiger partial charge in [-0.25, -0.2) is 19.7 Å². The van der Waals surface area contributed by atoms with Crippen molar-refractivity contribution in [3.8, 4) is 0 Å². The third kappa shape index (κ3) is 7.18. The summed E-state index contributed by atoms with van der Waals surface area (Å²) in [7, 11) is 0. The second kappa shape index (κ2) is 11.9. The summed E-state index contributed by atoms with van der Waals surface area (Å²) >= 11 is 0. The third-order valence-electron chi connectivity index (χ3n) is 5.91. The molecular formula is C21H35N7O8. The summed E-state index contributed by atoms with van der Waals surface area (Å²) in [6, 6.07) is -3.56. The fraction of sp³-hybridized carbons (Fsp3) is 0.762. The number of hydrazine groups is 1. The van der Waals surface area contributed by atoms with Crippen molar-refractivity contribution in [2.75, 3.05) is 19.6 Å². The maximum atomic E-state index is 13.6. The molecule has 0 saturated carbocycles. The van der Waals surface area contributed by atoms with Gasteiger partial charge in [-0.3, -0.25) is 14.6 Å². The Kier molecular flexibility index (Phi) is 9.42. The van der Waals surface area contributed by atoms with E-state index in [-0.39, 0.29) is 49.9 Å². The van der Waals surface area contributed by atoms with E-state index in [4.69, 9.17) is 16.2 Å². The first kappa shape index (κ1) is 28.6. The Balaban J connectivity index is 2.33. The Morgan fingerprint density at radius 2 is 1.72 bits per heavy atom. The van der Waals surface area contributed by atoms with Gasteiger partial charge in [-0.15, -0.1) is 0 Å². The molecule has 0 unspecified atom stereocenters. The molecule has 2 heterocycles. The Morgan fingerprint density at radius 1 is 1.14 bits per heavy atom. The number of rotatable bonds is 9. The quantitative estimate of drug-likeness (QED) is 0.122. The number of nitrogens with two attached hydrogens (primary N) is 2. The van der Waals surface area contributed by atoms with Crippen molar-refractivity contribution in [3.05, 3.63) is 10.1 Å². The highest BCUT2D eigenvalue weighted by atomic mass is 16.7. The number of hydrogen-bond donors (Lipinski definition) is 3. The summed E-state index contributed by atoms with van der Waals surface area (Å²) in [5.41, 5.74) is 9.56. The van der Waals surface area contributed by atoms with E-state index in [2.05, 4.69) is 4.99 Å².